The highest BCUT2D eigenvalue weighted by Crippen LogP contribution is 2.50. The summed E-state index contributed by atoms with van der Waals surface area (Å²) in [6, 6.07) is 11.8. The van der Waals surface area contributed by atoms with Crippen LogP contribution in [0, 0.1) is 12.4 Å². The number of fused-ring (bicyclic) bond motifs is 1. The Balaban J connectivity index is 1.53. The molecule has 1 aliphatic carbocycles. The minimum atomic E-state index is -0.444. The van der Waals surface area contributed by atoms with Gasteiger partial charge in [-0.3, -0.25) is 19.3 Å². The third-order valence-electron chi connectivity index (χ3n) is 6.20. The van der Waals surface area contributed by atoms with Crippen molar-refractivity contribution in [1.29, 1.82) is 0 Å². The minimum absolute atomic E-state index is 0.0207. The zero-order valence-corrected chi connectivity index (χ0v) is 18.9. The van der Waals surface area contributed by atoms with Crippen molar-refractivity contribution >= 4 is 28.4 Å². The Kier molecular flexibility index (Phi) is 5.49. The number of aromatic nitrogens is 3. The van der Waals surface area contributed by atoms with Crippen LogP contribution in [-0.4, -0.2) is 33.6 Å². The Hall–Kier alpha value is -4.58. The van der Waals surface area contributed by atoms with E-state index in [9.17, 15) is 14.0 Å². The Bertz CT molecular complexity index is 1500. The molecular weight excluding hydrogens is 447 g/mol. The number of carbonyl (C=O) groups excluding carboxylic acids is 2. The van der Waals surface area contributed by atoms with Gasteiger partial charge < -0.3 is 15.5 Å². The van der Waals surface area contributed by atoms with Crippen LogP contribution >= 0.6 is 0 Å². The summed E-state index contributed by atoms with van der Waals surface area (Å²) in [6.45, 7) is 7.52. The van der Waals surface area contributed by atoms with E-state index in [1.54, 1.807) is 12.3 Å². The monoisotopic (exact) mass is 468 g/mol. The Labute approximate surface area is 200 Å². The molecular formula is C26H21FN6O2. The summed E-state index contributed by atoms with van der Waals surface area (Å²) in [7, 11) is 1.53. The summed E-state index contributed by atoms with van der Waals surface area (Å²) in [5, 5.41) is 9.90. The zero-order valence-electron chi connectivity index (χ0n) is 18.9. The number of rotatable bonds is 6. The lowest BCUT2D eigenvalue weighted by Crippen LogP contribution is -2.23. The number of pyridine rings is 1. The van der Waals surface area contributed by atoms with Crippen molar-refractivity contribution in [3.63, 3.8) is 0 Å². The highest BCUT2D eigenvalue weighted by molar-refractivity contribution is 6.13. The van der Waals surface area contributed by atoms with Gasteiger partial charge in [-0.25, -0.2) is 11.0 Å². The van der Waals surface area contributed by atoms with Crippen molar-refractivity contribution in [2.45, 2.75) is 24.9 Å². The normalized spacial score (nSPS) is 13.7. The van der Waals surface area contributed by atoms with Crippen molar-refractivity contribution in [3.05, 3.63) is 89.4 Å². The molecule has 0 saturated heterocycles. The van der Waals surface area contributed by atoms with Crippen LogP contribution in [0.3, 0.4) is 0 Å². The Morgan fingerprint density at radius 3 is 2.63 bits per heavy atom. The maximum Gasteiger partial charge on any atom is 0.258 e. The molecule has 0 aliphatic heterocycles. The lowest BCUT2D eigenvalue weighted by molar-refractivity contribution is -0.121. The number of anilines is 1. The standard InChI is InChI=1S/C26H21FN6O2/c1-28-23(34)15-33-14-19(12-31-33)32-25(35)21-13-30-22-8-7-18(27)11-20(22)24(21)16-3-5-17(6-4-16)26(29-2)9-10-26/h3-8,11-14H,9-10,15H2,1H3,(H,28,34)(H,32,35). The largest absolute Gasteiger partial charge is 0.358 e. The number of benzene rings is 2. The molecule has 2 N–H and O–H groups in total. The van der Waals surface area contributed by atoms with Gasteiger partial charge in [0.05, 0.1) is 23.0 Å². The van der Waals surface area contributed by atoms with Gasteiger partial charge >= 0.3 is 0 Å². The summed E-state index contributed by atoms with van der Waals surface area (Å²) in [4.78, 5) is 33.0. The van der Waals surface area contributed by atoms with E-state index in [0.29, 0.717) is 27.7 Å². The molecule has 2 aromatic heterocycles. The molecule has 2 heterocycles. The predicted molar refractivity (Wildman–Crippen MR) is 129 cm³/mol. The van der Waals surface area contributed by atoms with Crippen LogP contribution in [-0.2, 0) is 16.9 Å². The highest BCUT2D eigenvalue weighted by Gasteiger charge is 2.52. The number of halogens is 1. The summed E-state index contributed by atoms with van der Waals surface area (Å²) >= 11 is 0. The van der Waals surface area contributed by atoms with Gasteiger partial charge in [-0.05, 0) is 23.8 Å². The van der Waals surface area contributed by atoms with E-state index in [-0.39, 0.29) is 18.0 Å². The molecule has 9 heteroatoms. The van der Waals surface area contributed by atoms with Crippen molar-refractivity contribution in [2.75, 3.05) is 12.4 Å². The highest BCUT2D eigenvalue weighted by atomic mass is 19.1. The third kappa shape index (κ3) is 4.22. The maximum atomic E-state index is 14.2. The molecule has 1 aliphatic rings. The van der Waals surface area contributed by atoms with Crippen LogP contribution in [0.4, 0.5) is 10.1 Å². The average Bonchev–Trinajstić information content (AvgIpc) is 3.56. The van der Waals surface area contributed by atoms with Crippen LogP contribution in [0.15, 0.2) is 61.1 Å². The van der Waals surface area contributed by atoms with Crippen LogP contribution in [0.25, 0.3) is 26.9 Å². The molecule has 0 radical (unpaired) electrons. The van der Waals surface area contributed by atoms with Crippen molar-refractivity contribution in [2.24, 2.45) is 0 Å². The van der Waals surface area contributed by atoms with Crippen molar-refractivity contribution < 1.29 is 14.0 Å². The van der Waals surface area contributed by atoms with Gasteiger partial charge in [-0.2, -0.15) is 5.10 Å². The molecule has 35 heavy (non-hydrogen) atoms. The van der Waals surface area contributed by atoms with Crippen LogP contribution in [0.2, 0.25) is 0 Å². The van der Waals surface area contributed by atoms with Gasteiger partial charge in [-0.1, -0.05) is 24.3 Å². The molecule has 0 atom stereocenters. The molecule has 2 aromatic carbocycles. The van der Waals surface area contributed by atoms with Gasteiger partial charge in [-0.15, -0.1) is 0 Å². The van der Waals surface area contributed by atoms with Crippen LogP contribution in [0.5, 0.6) is 0 Å². The van der Waals surface area contributed by atoms with Gasteiger partial charge in [0.25, 0.3) is 11.4 Å². The summed E-state index contributed by atoms with van der Waals surface area (Å²) in [5.41, 5.74) is 2.99. The van der Waals surface area contributed by atoms with E-state index < -0.39 is 17.3 Å². The fraction of sp³-hybridized carbons (Fsp3) is 0.192. The fourth-order valence-corrected chi connectivity index (χ4v) is 4.12. The predicted octanol–water partition coefficient (Wildman–Crippen LogP) is 4.14. The molecule has 0 unspecified atom stereocenters. The zero-order chi connectivity index (χ0) is 24.6. The first-order valence-corrected chi connectivity index (χ1v) is 11.0. The molecule has 1 fully saturated rings. The number of nitrogens with one attached hydrogen (secondary N) is 2. The van der Waals surface area contributed by atoms with Gasteiger partial charge in [0.2, 0.25) is 5.91 Å². The van der Waals surface area contributed by atoms with E-state index >= 15 is 0 Å². The summed E-state index contributed by atoms with van der Waals surface area (Å²) in [6.07, 6.45) is 6.13. The maximum absolute atomic E-state index is 14.2. The number of hydrogen-bond donors (Lipinski definition) is 2. The molecule has 0 spiro atoms. The molecule has 0 bridgehead atoms. The third-order valence-corrected chi connectivity index (χ3v) is 6.20. The Morgan fingerprint density at radius 1 is 1.17 bits per heavy atom. The molecule has 4 aromatic rings. The summed E-state index contributed by atoms with van der Waals surface area (Å²) < 4.78 is 15.6. The molecule has 2 amide bonds. The average molecular weight is 468 g/mol. The first kappa shape index (κ1) is 22.2. The number of amides is 2. The van der Waals surface area contributed by atoms with E-state index in [2.05, 4.69) is 25.6 Å². The van der Waals surface area contributed by atoms with Gasteiger partial charge in [0.1, 0.15) is 12.4 Å². The van der Waals surface area contributed by atoms with Crippen LogP contribution in [0.1, 0.15) is 28.8 Å². The second-order valence-electron chi connectivity index (χ2n) is 8.48. The minimum Gasteiger partial charge on any atom is -0.358 e. The molecule has 8 nitrogen and oxygen atoms in total. The smallest absolute Gasteiger partial charge is 0.258 e. The Morgan fingerprint density at radius 2 is 1.94 bits per heavy atom. The van der Waals surface area contributed by atoms with E-state index in [1.165, 1.54) is 36.3 Å². The fourth-order valence-electron chi connectivity index (χ4n) is 4.12. The second-order valence-corrected chi connectivity index (χ2v) is 8.48. The number of hydrogen-bond acceptors (Lipinski definition) is 4. The molecule has 5 rings (SSSR count). The second kappa shape index (κ2) is 8.65. The van der Waals surface area contributed by atoms with Gasteiger partial charge in [0.15, 0.2) is 0 Å². The topological polar surface area (TPSA) is 93.3 Å². The number of carbonyl (C=O) groups is 2. The summed E-state index contributed by atoms with van der Waals surface area (Å²) in [5.74, 6) is -1.10. The van der Waals surface area contributed by atoms with Crippen LogP contribution < -0.4 is 10.6 Å². The van der Waals surface area contributed by atoms with E-state index in [1.807, 2.05) is 24.3 Å². The van der Waals surface area contributed by atoms with E-state index in [0.717, 1.165) is 18.4 Å². The van der Waals surface area contributed by atoms with Gasteiger partial charge in [0, 0.05) is 48.8 Å². The first-order chi connectivity index (χ1) is 16.9. The number of nitrogens with zero attached hydrogens (tertiary/aromatic N) is 4. The van der Waals surface area contributed by atoms with Crippen molar-refractivity contribution in [3.8, 4) is 11.1 Å². The number of likely N-dealkylation sites (N-methyl/N-ethyl adjacent to an activating group) is 1. The quantitative estimate of drug-likeness (QED) is 0.416. The molecule has 174 valence electrons. The van der Waals surface area contributed by atoms with Crippen molar-refractivity contribution in [1.82, 2.24) is 20.1 Å². The van der Waals surface area contributed by atoms with E-state index in [4.69, 9.17) is 6.57 Å². The first-order valence-electron chi connectivity index (χ1n) is 11.0. The molecule has 1 saturated carbocycles. The lowest BCUT2D eigenvalue weighted by Gasteiger charge is -2.14. The SMILES string of the molecule is [C-]#[N+]C1(c2ccc(-c3c(C(=O)Nc4cnn(CC(=O)NC)c4)cnc4ccc(F)cc34)cc2)CC1. The lowest BCUT2D eigenvalue weighted by atomic mass is 9.94.